The summed E-state index contributed by atoms with van der Waals surface area (Å²) in [4.78, 5) is 31.2. The van der Waals surface area contributed by atoms with E-state index >= 15 is 0 Å². The topological polar surface area (TPSA) is 91.8 Å². The van der Waals surface area contributed by atoms with Crippen molar-refractivity contribution in [2.75, 3.05) is 19.7 Å². The van der Waals surface area contributed by atoms with Gasteiger partial charge in [-0.05, 0) is 48.3 Å². The summed E-state index contributed by atoms with van der Waals surface area (Å²) in [6.07, 6.45) is 7.29. The van der Waals surface area contributed by atoms with Crippen LogP contribution < -0.4 is 5.32 Å². The van der Waals surface area contributed by atoms with E-state index in [1.54, 1.807) is 41.4 Å². The van der Waals surface area contributed by atoms with Crippen molar-refractivity contribution in [2.45, 2.75) is 43.7 Å². The van der Waals surface area contributed by atoms with E-state index in [1.807, 2.05) is 12.3 Å². The molecule has 0 radical (unpaired) electrons. The third-order valence-corrected chi connectivity index (χ3v) is 5.71. The number of nitrogens with zero attached hydrogens (tertiary/aromatic N) is 2. The molecule has 2 fully saturated rings. The number of ether oxygens (including phenoxy) is 1. The first-order chi connectivity index (χ1) is 14.6. The van der Waals surface area contributed by atoms with Crippen molar-refractivity contribution >= 4 is 12.0 Å². The zero-order chi connectivity index (χ0) is 21.0. The van der Waals surface area contributed by atoms with E-state index in [9.17, 15) is 14.7 Å². The molecule has 30 heavy (non-hydrogen) atoms. The monoisotopic (exact) mass is 409 g/mol. The lowest BCUT2D eigenvalue weighted by atomic mass is 9.93. The first-order valence-electron chi connectivity index (χ1n) is 10.5. The van der Waals surface area contributed by atoms with Crippen LogP contribution in [-0.4, -0.2) is 46.7 Å². The average molecular weight is 409 g/mol. The summed E-state index contributed by atoms with van der Waals surface area (Å²) in [5.41, 5.74) is 0.455. The lowest BCUT2D eigenvalue weighted by molar-refractivity contribution is -0.146. The van der Waals surface area contributed by atoms with Gasteiger partial charge in [-0.25, -0.2) is 4.79 Å². The fourth-order valence-electron chi connectivity index (χ4n) is 3.72. The predicted molar refractivity (Wildman–Crippen MR) is 111 cm³/mol. The lowest BCUT2D eigenvalue weighted by Crippen LogP contribution is -2.48. The number of carbonyl (C=O) groups excluding carboxylic acids is 2. The minimum Gasteiger partial charge on any atom is -0.445 e. The van der Waals surface area contributed by atoms with E-state index in [0.717, 1.165) is 18.4 Å². The third kappa shape index (κ3) is 4.62. The number of likely N-dealkylation sites (tertiary alicyclic amines) is 1. The van der Waals surface area contributed by atoms with Gasteiger partial charge in [0, 0.05) is 32.0 Å². The number of benzene rings is 1. The molecule has 2 amide bonds. The number of nitrogens with one attached hydrogen (secondary N) is 1. The highest BCUT2D eigenvalue weighted by atomic mass is 16.6. The van der Waals surface area contributed by atoms with Crippen molar-refractivity contribution in [3.63, 3.8) is 0 Å². The number of aromatic nitrogens is 1. The van der Waals surface area contributed by atoms with Gasteiger partial charge in [-0.2, -0.15) is 0 Å². The van der Waals surface area contributed by atoms with Gasteiger partial charge in [-0.1, -0.05) is 36.4 Å². The van der Waals surface area contributed by atoms with Crippen molar-refractivity contribution in [3.05, 3.63) is 65.5 Å². The Labute approximate surface area is 176 Å². The molecule has 7 nitrogen and oxygen atoms in total. The molecule has 2 N–H and O–H groups in total. The van der Waals surface area contributed by atoms with Crippen LogP contribution in [0.5, 0.6) is 0 Å². The minimum atomic E-state index is -1.97. The van der Waals surface area contributed by atoms with Gasteiger partial charge >= 0.3 is 6.09 Å². The Balaban J connectivity index is 1.45. The predicted octanol–water partition coefficient (Wildman–Crippen LogP) is 2.70. The highest BCUT2D eigenvalue weighted by molar-refractivity contribution is 5.86. The molecule has 0 spiro atoms. The fraction of sp³-hybridized carbons (Fsp3) is 0.435. The number of hydrogen-bond acceptors (Lipinski definition) is 5. The van der Waals surface area contributed by atoms with Gasteiger partial charge in [0.1, 0.15) is 6.61 Å². The van der Waals surface area contributed by atoms with Crippen LogP contribution in [0.15, 0.2) is 48.8 Å². The van der Waals surface area contributed by atoms with Crippen LogP contribution in [-0.2, 0) is 21.7 Å². The second-order valence-electron chi connectivity index (χ2n) is 8.06. The fourth-order valence-corrected chi connectivity index (χ4v) is 3.72. The molecule has 0 unspecified atom stereocenters. The van der Waals surface area contributed by atoms with Crippen molar-refractivity contribution in [2.24, 2.45) is 0 Å². The third-order valence-electron chi connectivity index (χ3n) is 5.71. The highest BCUT2D eigenvalue weighted by Gasteiger charge is 2.40. The largest absolute Gasteiger partial charge is 0.445 e. The Kier molecular flexibility index (Phi) is 5.99. The second-order valence-corrected chi connectivity index (χ2v) is 8.06. The van der Waals surface area contributed by atoms with Crippen LogP contribution in [0.2, 0.25) is 0 Å². The van der Waals surface area contributed by atoms with Crippen molar-refractivity contribution in [3.8, 4) is 0 Å². The second kappa shape index (κ2) is 8.83. The summed E-state index contributed by atoms with van der Waals surface area (Å²) in [5, 5.41) is 14.0. The van der Waals surface area contributed by atoms with E-state index in [1.165, 1.54) is 18.4 Å². The Morgan fingerprint density at radius 3 is 2.60 bits per heavy atom. The van der Waals surface area contributed by atoms with Gasteiger partial charge in [0.25, 0.3) is 5.91 Å². The molecule has 1 atom stereocenters. The number of amides is 2. The van der Waals surface area contributed by atoms with E-state index in [0.29, 0.717) is 24.6 Å². The summed E-state index contributed by atoms with van der Waals surface area (Å²) in [5.74, 6) is -0.0425. The summed E-state index contributed by atoms with van der Waals surface area (Å²) in [6, 6.07) is 10.6. The van der Waals surface area contributed by atoms with Gasteiger partial charge < -0.3 is 20.1 Å². The standard InChI is InChI=1S/C23H27N3O4/c27-21(25-14-17-12-19(15-24-13-17)18-8-9-18)23(29,20-6-2-1-3-7-20)16-30-22(28)26-10-4-5-11-26/h1-3,6-7,12-13,15,18,29H,4-5,8-11,14,16H2,(H,25,27)/t23-/m1/s1. The lowest BCUT2D eigenvalue weighted by Gasteiger charge is -2.28. The van der Waals surface area contributed by atoms with Crippen LogP contribution in [0.3, 0.4) is 0 Å². The molecule has 2 heterocycles. The van der Waals surface area contributed by atoms with E-state index in [2.05, 4.69) is 10.3 Å². The molecule has 158 valence electrons. The van der Waals surface area contributed by atoms with Crippen LogP contribution in [0.4, 0.5) is 4.79 Å². The van der Waals surface area contributed by atoms with E-state index in [-0.39, 0.29) is 6.54 Å². The Bertz CT molecular complexity index is 894. The molecule has 1 saturated heterocycles. The van der Waals surface area contributed by atoms with Gasteiger partial charge in [-0.3, -0.25) is 9.78 Å². The number of carbonyl (C=O) groups is 2. The van der Waals surface area contributed by atoms with Gasteiger partial charge in [0.2, 0.25) is 5.60 Å². The van der Waals surface area contributed by atoms with Crippen LogP contribution in [0.1, 0.15) is 48.3 Å². The minimum absolute atomic E-state index is 0.238. The maximum absolute atomic E-state index is 13.0. The smallest absolute Gasteiger partial charge is 0.409 e. The van der Waals surface area contributed by atoms with Gasteiger partial charge in [0.05, 0.1) is 0 Å². The molecule has 4 rings (SSSR count). The number of rotatable bonds is 7. The maximum atomic E-state index is 13.0. The zero-order valence-corrected chi connectivity index (χ0v) is 16.9. The zero-order valence-electron chi connectivity index (χ0n) is 16.9. The summed E-state index contributed by atoms with van der Waals surface area (Å²) in [7, 11) is 0. The Hall–Kier alpha value is -2.93. The average Bonchev–Trinajstić information content (AvgIpc) is 3.50. The van der Waals surface area contributed by atoms with Crippen molar-refractivity contribution in [1.29, 1.82) is 0 Å². The molecule has 1 aromatic carbocycles. The molecule has 2 aliphatic rings. The Morgan fingerprint density at radius 2 is 1.90 bits per heavy atom. The van der Waals surface area contributed by atoms with Crippen LogP contribution in [0, 0.1) is 0 Å². The molecule has 1 aromatic heterocycles. The molecule has 1 saturated carbocycles. The molecule has 2 aromatic rings. The van der Waals surface area contributed by atoms with E-state index < -0.39 is 24.2 Å². The molecular formula is C23H27N3O4. The maximum Gasteiger partial charge on any atom is 0.409 e. The van der Waals surface area contributed by atoms with Crippen LogP contribution in [0.25, 0.3) is 0 Å². The molecular weight excluding hydrogens is 382 g/mol. The summed E-state index contributed by atoms with van der Waals surface area (Å²) in [6.45, 7) is 1.07. The molecule has 1 aliphatic heterocycles. The Morgan fingerprint density at radius 1 is 1.17 bits per heavy atom. The normalized spacial score (nSPS) is 18.0. The first kappa shape index (κ1) is 20.3. The van der Waals surface area contributed by atoms with Crippen molar-refractivity contribution < 1.29 is 19.4 Å². The SMILES string of the molecule is O=C(OC[C@](O)(C(=O)NCc1cncc(C2CC2)c1)c1ccccc1)N1CCCC1. The summed E-state index contributed by atoms with van der Waals surface area (Å²) >= 11 is 0. The molecule has 1 aliphatic carbocycles. The molecule has 0 bridgehead atoms. The number of hydrogen-bond donors (Lipinski definition) is 2. The number of aliphatic hydroxyl groups is 1. The molecule has 7 heteroatoms. The number of pyridine rings is 1. The first-order valence-corrected chi connectivity index (χ1v) is 10.5. The van der Waals surface area contributed by atoms with E-state index in [4.69, 9.17) is 4.74 Å². The quantitative estimate of drug-likeness (QED) is 0.734. The van der Waals surface area contributed by atoms with Crippen molar-refractivity contribution in [1.82, 2.24) is 15.2 Å². The highest BCUT2D eigenvalue weighted by Crippen LogP contribution is 2.39. The van der Waals surface area contributed by atoms with Gasteiger partial charge in [0.15, 0.2) is 0 Å². The van der Waals surface area contributed by atoms with Crippen LogP contribution >= 0.6 is 0 Å². The van der Waals surface area contributed by atoms with Gasteiger partial charge in [-0.15, -0.1) is 0 Å². The summed E-state index contributed by atoms with van der Waals surface area (Å²) < 4.78 is 5.34.